The molecule has 3 heterocycles. The molecule has 7 nitrogen and oxygen atoms in total. The first-order chi connectivity index (χ1) is 13.0. The molecule has 144 valence electrons. The van der Waals surface area contributed by atoms with Crippen molar-refractivity contribution in [2.75, 3.05) is 44.2 Å². The predicted octanol–water partition coefficient (Wildman–Crippen LogP) is 1.32. The Bertz CT molecular complexity index is 944. The molecule has 27 heavy (non-hydrogen) atoms. The molecule has 0 saturated carbocycles. The molecule has 0 bridgehead atoms. The number of rotatable bonds is 4. The molecule has 1 unspecified atom stereocenters. The highest BCUT2D eigenvalue weighted by Gasteiger charge is 2.27. The molecule has 4 rings (SSSR count). The lowest BCUT2D eigenvalue weighted by molar-refractivity contribution is 0.0694. The molecule has 7 heteroatoms. The standard InChI is InChI=1S/C20H25N3O4/c1-13-2-3-14-17(22-8-6-21(7-9-22)10-11-24)5-4-15-18(14)23(13)12-16(19(15)25)20(26)27/h4-5,12-13,24H,2-3,6-11H2,1H3,(H,26,27). The number of benzene rings is 1. The van der Waals surface area contributed by atoms with E-state index in [0.717, 1.165) is 55.8 Å². The van der Waals surface area contributed by atoms with Gasteiger partial charge in [0, 0.05) is 56.0 Å². The number of carbonyl (C=O) groups is 1. The molecule has 2 aromatic rings. The highest BCUT2D eigenvalue weighted by Crippen LogP contribution is 2.36. The number of aliphatic hydroxyl groups is 1. The zero-order valence-corrected chi connectivity index (χ0v) is 15.5. The van der Waals surface area contributed by atoms with E-state index in [1.54, 1.807) is 6.07 Å². The number of piperazine rings is 1. The number of nitrogens with zero attached hydrogens (tertiary/aromatic N) is 3. The van der Waals surface area contributed by atoms with Crippen LogP contribution >= 0.6 is 0 Å². The van der Waals surface area contributed by atoms with Crippen LogP contribution in [-0.4, -0.2) is 65.0 Å². The second-order valence-electron chi connectivity index (χ2n) is 7.48. The van der Waals surface area contributed by atoms with E-state index in [2.05, 4.69) is 16.7 Å². The zero-order valence-electron chi connectivity index (χ0n) is 15.5. The third kappa shape index (κ3) is 3.00. The Morgan fingerprint density at radius 2 is 1.96 bits per heavy atom. The summed E-state index contributed by atoms with van der Waals surface area (Å²) < 4.78 is 1.98. The Kier molecular flexibility index (Phi) is 4.65. The van der Waals surface area contributed by atoms with Crippen LogP contribution in [0.3, 0.4) is 0 Å². The summed E-state index contributed by atoms with van der Waals surface area (Å²) >= 11 is 0. The highest BCUT2D eigenvalue weighted by molar-refractivity contribution is 5.95. The van der Waals surface area contributed by atoms with Gasteiger partial charge in [0.15, 0.2) is 0 Å². The van der Waals surface area contributed by atoms with Crippen molar-refractivity contribution in [2.24, 2.45) is 0 Å². The van der Waals surface area contributed by atoms with Crippen molar-refractivity contribution in [1.82, 2.24) is 9.47 Å². The Labute approximate surface area is 157 Å². The fraction of sp³-hybridized carbons (Fsp3) is 0.500. The molecular weight excluding hydrogens is 346 g/mol. The second-order valence-corrected chi connectivity index (χ2v) is 7.48. The molecular formula is C20H25N3O4. The van der Waals surface area contributed by atoms with E-state index in [1.807, 2.05) is 10.6 Å². The van der Waals surface area contributed by atoms with Gasteiger partial charge in [-0.15, -0.1) is 0 Å². The number of anilines is 1. The maximum absolute atomic E-state index is 12.7. The van der Waals surface area contributed by atoms with Gasteiger partial charge in [0.1, 0.15) is 5.56 Å². The number of aryl methyl sites for hydroxylation is 1. The third-order valence-electron chi connectivity index (χ3n) is 5.92. The average Bonchev–Trinajstić information content (AvgIpc) is 2.66. The lowest BCUT2D eigenvalue weighted by atomic mass is 9.94. The minimum Gasteiger partial charge on any atom is -0.477 e. The van der Waals surface area contributed by atoms with E-state index in [1.165, 1.54) is 6.20 Å². The van der Waals surface area contributed by atoms with Crippen molar-refractivity contribution in [2.45, 2.75) is 25.8 Å². The maximum Gasteiger partial charge on any atom is 0.341 e. The smallest absolute Gasteiger partial charge is 0.341 e. The minimum absolute atomic E-state index is 0.160. The van der Waals surface area contributed by atoms with Gasteiger partial charge in [0.25, 0.3) is 0 Å². The fourth-order valence-corrected chi connectivity index (χ4v) is 4.40. The summed E-state index contributed by atoms with van der Waals surface area (Å²) in [5.41, 5.74) is 2.62. The van der Waals surface area contributed by atoms with Crippen LogP contribution in [0.1, 0.15) is 35.3 Å². The molecule has 2 aliphatic rings. The summed E-state index contributed by atoms with van der Waals surface area (Å²) in [6.07, 6.45) is 3.32. The summed E-state index contributed by atoms with van der Waals surface area (Å²) in [5, 5.41) is 19.0. The largest absolute Gasteiger partial charge is 0.477 e. The van der Waals surface area contributed by atoms with Crippen molar-refractivity contribution < 1.29 is 15.0 Å². The van der Waals surface area contributed by atoms with Crippen LogP contribution in [0.4, 0.5) is 5.69 Å². The monoisotopic (exact) mass is 371 g/mol. The van der Waals surface area contributed by atoms with Crippen molar-refractivity contribution in [3.63, 3.8) is 0 Å². The average molecular weight is 371 g/mol. The zero-order chi connectivity index (χ0) is 19.1. The Balaban J connectivity index is 1.81. The van der Waals surface area contributed by atoms with Crippen molar-refractivity contribution in [3.8, 4) is 0 Å². The van der Waals surface area contributed by atoms with E-state index in [9.17, 15) is 14.7 Å². The maximum atomic E-state index is 12.7. The lowest BCUT2D eigenvalue weighted by Gasteiger charge is -2.38. The van der Waals surface area contributed by atoms with Gasteiger partial charge in [0.2, 0.25) is 5.43 Å². The second kappa shape index (κ2) is 6.98. The molecule has 1 fully saturated rings. The van der Waals surface area contributed by atoms with Crippen LogP contribution in [0.5, 0.6) is 0 Å². The van der Waals surface area contributed by atoms with Gasteiger partial charge in [-0.25, -0.2) is 4.79 Å². The summed E-state index contributed by atoms with van der Waals surface area (Å²) in [7, 11) is 0. The number of pyridine rings is 1. The summed E-state index contributed by atoms with van der Waals surface area (Å²) in [6, 6.07) is 3.93. The van der Waals surface area contributed by atoms with Crippen LogP contribution in [0.25, 0.3) is 10.9 Å². The molecule has 0 aliphatic carbocycles. The lowest BCUT2D eigenvalue weighted by Crippen LogP contribution is -2.47. The highest BCUT2D eigenvalue weighted by atomic mass is 16.4. The molecule has 1 aromatic carbocycles. The summed E-state index contributed by atoms with van der Waals surface area (Å²) in [5.74, 6) is -1.17. The molecule has 0 amide bonds. The first-order valence-electron chi connectivity index (χ1n) is 9.53. The molecule has 1 saturated heterocycles. The summed E-state index contributed by atoms with van der Waals surface area (Å²) in [4.78, 5) is 28.8. The van der Waals surface area contributed by atoms with Crippen molar-refractivity contribution >= 4 is 22.6 Å². The number of hydrogen-bond acceptors (Lipinski definition) is 5. The number of carboxylic acids is 1. The number of aliphatic hydroxyl groups excluding tert-OH is 1. The molecule has 0 radical (unpaired) electrons. The van der Waals surface area contributed by atoms with Crippen LogP contribution in [0.2, 0.25) is 0 Å². The van der Waals surface area contributed by atoms with Crippen LogP contribution in [0, 0.1) is 0 Å². The number of hydrogen-bond donors (Lipinski definition) is 2. The number of aromatic carboxylic acids is 1. The van der Waals surface area contributed by atoms with Gasteiger partial charge in [-0.1, -0.05) is 0 Å². The van der Waals surface area contributed by atoms with Gasteiger partial charge in [0.05, 0.1) is 12.1 Å². The van der Waals surface area contributed by atoms with E-state index < -0.39 is 11.4 Å². The van der Waals surface area contributed by atoms with Crippen LogP contribution < -0.4 is 10.3 Å². The normalized spacial score (nSPS) is 20.2. The minimum atomic E-state index is -1.17. The van der Waals surface area contributed by atoms with Gasteiger partial charge >= 0.3 is 5.97 Å². The number of carboxylic acid groups (broad SMARTS) is 1. The van der Waals surface area contributed by atoms with Gasteiger partial charge in [-0.05, 0) is 37.5 Å². The van der Waals surface area contributed by atoms with Crippen LogP contribution in [-0.2, 0) is 6.42 Å². The van der Waals surface area contributed by atoms with E-state index in [-0.39, 0.29) is 18.2 Å². The first kappa shape index (κ1) is 18.0. The third-order valence-corrected chi connectivity index (χ3v) is 5.92. The molecule has 1 atom stereocenters. The SMILES string of the molecule is CC1CCc2c(N3CCN(CCO)CC3)ccc3c(=O)c(C(=O)O)cn1c23. The number of β-amino-alcohol motifs (C(OH)–C–C–N with tert-alkyl or cyclic N) is 1. The fourth-order valence-electron chi connectivity index (χ4n) is 4.40. The Morgan fingerprint density at radius 3 is 2.63 bits per heavy atom. The van der Waals surface area contributed by atoms with E-state index in [0.29, 0.717) is 11.9 Å². The molecule has 2 aliphatic heterocycles. The quantitative estimate of drug-likeness (QED) is 0.843. The number of aromatic nitrogens is 1. The van der Waals surface area contributed by atoms with Gasteiger partial charge in [-0.2, -0.15) is 0 Å². The van der Waals surface area contributed by atoms with E-state index in [4.69, 9.17) is 5.11 Å². The molecule has 1 aromatic heterocycles. The topological polar surface area (TPSA) is 86.0 Å². The van der Waals surface area contributed by atoms with E-state index >= 15 is 0 Å². The Hall–Kier alpha value is -2.38. The summed E-state index contributed by atoms with van der Waals surface area (Å²) in [6.45, 7) is 6.51. The van der Waals surface area contributed by atoms with Crippen molar-refractivity contribution in [3.05, 3.63) is 39.7 Å². The molecule has 2 N–H and O–H groups in total. The molecule has 0 spiro atoms. The first-order valence-corrected chi connectivity index (χ1v) is 9.53. The van der Waals surface area contributed by atoms with Crippen molar-refractivity contribution in [1.29, 1.82) is 0 Å². The van der Waals surface area contributed by atoms with Gasteiger partial charge < -0.3 is 19.7 Å². The van der Waals surface area contributed by atoms with Gasteiger partial charge in [-0.3, -0.25) is 9.69 Å². The van der Waals surface area contributed by atoms with Crippen LogP contribution in [0.15, 0.2) is 23.1 Å². The predicted molar refractivity (Wildman–Crippen MR) is 104 cm³/mol. The Morgan fingerprint density at radius 1 is 1.22 bits per heavy atom.